The zero-order valence-corrected chi connectivity index (χ0v) is 10.5. The zero-order chi connectivity index (χ0) is 13.2. The van der Waals surface area contributed by atoms with E-state index in [1.54, 1.807) is 6.07 Å². The van der Waals surface area contributed by atoms with Crippen molar-refractivity contribution in [3.05, 3.63) is 35.3 Å². The number of aromatic nitrogens is 2. The highest BCUT2D eigenvalue weighted by Gasteiger charge is 2.16. The number of amides is 1. The molecule has 0 saturated heterocycles. The van der Waals surface area contributed by atoms with Crippen molar-refractivity contribution in [2.24, 2.45) is 5.14 Å². The van der Waals surface area contributed by atoms with Crippen LogP contribution in [-0.4, -0.2) is 23.9 Å². The lowest BCUT2D eigenvalue weighted by molar-refractivity contribution is 0.102. The second kappa shape index (κ2) is 4.80. The molecule has 2 rings (SSSR count). The Kier molecular flexibility index (Phi) is 3.36. The van der Waals surface area contributed by atoms with Crippen molar-refractivity contribution in [3.8, 4) is 0 Å². The van der Waals surface area contributed by atoms with Crippen LogP contribution in [0.3, 0.4) is 0 Å². The molecule has 2 aromatic rings. The fourth-order valence-corrected chi connectivity index (χ4v) is 2.40. The molecule has 1 heterocycles. The summed E-state index contributed by atoms with van der Waals surface area (Å²) >= 11 is 1.02. The number of rotatable bonds is 3. The Balaban J connectivity index is 2.33. The summed E-state index contributed by atoms with van der Waals surface area (Å²) in [4.78, 5) is 11.6. The molecule has 18 heavy (non-hydrogen) atoms. The van der Waals surface area contributed by atoms with Crippen molar-refractivity contribution in [1.29, 1.82) is 0 Å². The Morgan fingerprint density at radius 1 is 1.33 bits per heavy atom. The number of carbonyl (C=O) groups excluding carboxylic acids is 1. The molecule has 94 valence electrons. The molecule has 3 N–H and O–H groups in total. The molecule has 0 aliphatic rings. The number of sulfonamides is 1. The van der Waals surface area contributed by atoms with E-state index in [-0.39, 0.29) is 16.3 Å². The first kappa shape index (κ1) is 12.6. The summed E-state index contributed by atoms with van der Waals surface area (Å²) in [5.74, 6) is -0.542. The molecule has 7 nitrogen and oxygen atoms in total. The van der Waals surface area contributed by atoms with Gasteiger partial charge >= 0.3 is 0 Å². The fraction of sp³-hybridized carbons (Fsp3) is 0. The molecule has 0 radical (unpaired) electrons. The van der Waals surface area contributed by atoms with Gasteiger partial charge in [-0.3, -0.25) is 4.79 Å². The van der Waals surface area contributed by atoms with Gasteiger partial charge in [0.05, 0.1) is 5.69 Å². The second-order valence-electron chi connectivity index (χ2n) is 3.29. The summed E-state index contributed by atoms with van der Waals surface area (Å²) in [6.07, 6.45) is 0. The lowest BCUT2D eigenvalue weighted by Gasteiger charge is -2.07. The first-order valence-electron chi connectivity index (χ1n) is 4.69. The molecule has 0 unspecified atom stereocenters. The molecule has 0 atom stereocenters. The maximum atomic E-state index is 11.7. The molecule has 0 aliphatic heterocycles. The Morgan fingerprint density at radius 3 is 2.67 bits per heavy atom. The van der Waals surface area contributed by atoms with Crippen LogP contribution in [0.5, 0.6) is 0 Å². The van der Waals surface area contributed by atoms with E-state index in [4.69, 9.17) is 5.14 Å². The van der Waals surface area contributed by atoms with Crippen LogP contribution in [0.2, 0.25) is 0 Å². The largest absolute Gasteiger partial charge is 0.319 e. The van der Waals surface area contributed by atoms with Crippen molar-refractivity contribution in [2.45, 2.75) is 4.90 Å². The number of carbonyl (C=O) groups is 1. The molecular weight excluding hydrogens is 276 g/mol. The number of primary sulfonamides is 1. The van der Waals surface area contributed by atoms with Crippen molar-refractivity contribution >= 4 is 33.2 Å². The maximum Gasteiger partial charge on any atom is 0.277 e. The third-order valence-corrected chi connectivity index (χ3v) is 3.51. The third kappa shape index (κ3) is 2.70. The topological polar surface area (TPSA) is 115 Å². The van der Waals surface area contributed by atoms with E-state index >= 15 is 0 Å². The summed E-state index contributed by atoms with van der Waals surface area (Å²) < 4.78 is 26.2. The minimum Gasteiger partial charge on any atom is -0.319 e. The molecular formula is C9H8N4O3S2. The molecule has 0 saturated carbocycles. The first-order chi connectivity index (χ1) is 8.48. The van der Waals surface area contributed by atoms with E-state index in [0.717, 1.165) is 11.5 Å². The number of anilines is 1. The molecule has 9 heteroatoms. The van der Waals surface area contributed by atoms with Gasteiger partial charge in [-0.15, -0.1) is 5.10 Å². The number of nitrogens with two attached hydrogens (primary N) is 1. The van der Waals surface area contributed by atoms with E-state index in [1.807, 2.05) is 0 Å². The smallest absolute Gasteiger partial charge is 0.277 e. The van der Waals surface area contributed by atoms with Crippen LogP contribution in [0.15, 0.2) is 34.5 Å². The van der Waals surface area contributed by atoms with E-state index in [2.05, 4.69) is 14.9 Å². The Morgan fingerprint density at radius 2 is 2.06 bits per heavy atom. The lowest BCUT2D eigenvalue weighted by atomic mass is 10.3. The van der Waals surface area contributed by atoms with E-state index < -0.39 is 15.9 Å². The Labute approximate surface area is 107 Å². The van der Waals surface area contributed by atoms with Crippen LogP contribution in [0, 0.1) is 0 Å². The SMILES string of the molecule is NS(=O)(=O)c1ccccc1NC(=O)c1csnn1. The van der Waals surface area contributed by atoms with Crippen LogP contribution in [0.1, 0.15) is 10.5 Å². The molecule has 0 bridgehead atoms. The van der Waals surface area contributed by atoms with Crippen molar-refractivity contribution in [3.63, 3.8) is 0 Å². The van der Waals surface area contributed by atoms with Crippen molar-refractivity contribution in [1.82, 2.24) is 9.59 Å². The maximum absolute atomic E-state index is 11.7. The number of hydrogen-bond donors (Lipinski definition) is 2. The van der Waals surface area contributed by atoms with Gasteiger partial charge in [-0.1, -0.05) is 16.6 Å². The van der Waals surface area contributed by atoms with Gasteiger partial charge in [0.15, 0.2) is 5.69 Å². The number of nitrogens with one attached hydrogen (secondary N) is 1. The second-order valence-corrected chi connectivity index (χ2v) is 5.43. The van der Waals surface area contributed by atoms with E-state index in [9.17, 15) is 13.2 Å². The monoisotopic (exact) mass is 284 g/mol. The zero-order valence-electron chi connectivity index (χ0n) is 8.90. The van der Waals surface area contributed by atoms with Crippen LogP contribution in [-0.2, 0) is 10.0 Å². The van der Waals surface area contributed by atoms with Crippen LogP contribution < -0.4 is 10.5 Å². The highest BCUT2D eigenvalue weighted by atomic mass is 32.2. The average Bonchev–Trinajstić information content (AvgIpc) is 2.81. The normalized spacial score (nSPS) is 11.2. The Bertz CT molecular complexity index is 667. The van der Waals surface area contributed by atoms with E-state index in [1.165, 1.54) is 23.6 Å². The molecule has 1 amide bonds. The minimum absolute atomic E-state index is 0.109. The van der Waals surface area contributed by atoms with Gasteiger partial charge in [0.1, 0.15) is 4.90 Å². The van der Waals surface area contributed by atoms with E-state index in [0.29, 0.717) is 0 Å². The van der Waals surface area contributed by atoms with Gasteiger partial charge in [0.2, 0.25) is 10.0 Å². The van der Waals surface area contributed by atoms with Crippen LogP contribution in [0.4, 0.5) is 5.69 Å². The first-order valence-corrected chi connectivity index (χ1v) is 7.07. The van der Waals surface area contributed by atoms with Gasteiger partial charge < -0.3 is 5.32 Å². The number of nitrogens with zero attached hydrogens (tertiary/aromatic N) is 2. The summed E-state index contributed by atoms with van der Waals surface area (Å²) in [5, 5.41) is 12.5. The Hall–Kier alpha value is -1.84. The predicted octanol–water partition coefficient (Wildman–Crippen LogP) is 0.438. The van der Waals surface area contributed by atoms with Gasteiger partial charge in [0.25, 0.3) is 5.91 Å². The van der Waals surface area contributed by atoms with Gasteiger partial charge in [-0.2, -0.15) is 0 Å². The summed E-state index contributed by atoms with van der Waals surface area (Å²) in [5.41, 5.74) is 0.224. The minimum atomic E-state index is -3.90. The highest BCUT2D eigenvalue weighted by molar-refractivity contribution is 7.89. The van der Waals surface area contributed by atoms with Gasteiger partial charge in [-0.05, 0) is 23.7 Å². The van der Waals surface area contributed by atoms with Crippen LogP contribution in [0.25, 0.3) is 0 Å². The molecule has 1 aromatic carbocycles. The van der Waals surface area contributed by atoms with Crippen molar-refractivity contribution < 1.29 is 13.2 Å². The molecule has 1 aromatic heterocycles. The summed E-state index contributed by atoms with van der Waals surface area (Å²) in [7, 11) is -3.90. The number of para-hydroxylation sites is 1. The quantitative estimate of drug-likeness (QED) is 0.848. The average molecular weight is 284 g/mol. The van der Waals surface area contributed by atoms with Gasteiger partial charge in [0, 0.05) is 5.38 Å². The summed E-state index contributed by atoms with van der Waals surface area (Å²) in [6, 6.07) is 5.85. The highest BCUT2D eigenvalue weighted by Crippen LogP contribution is 2.19. The number of benzene rings is 1. The third-order valence-electron chi connectivity index (χ3n) is 2.03. The van der Waals surface area contributed by atoms with Crippen LogP contribution >= 0.6 is 11.5 Å². The standard InChI is InChI=1S/C9H8N4O3S2/c10-18(15,16)8-4-2-1-3-6(8)11-9(14)7-5-17-13-12-7/h1-5H,(H,11,14)(H2,10,15,16). The fourth-order valence-electron chi connectivity index (χ4n) is 1.27. The molecule has 0 aliphatic carbocycles. The number of hydrogen-bond acceptors (Lipinski definition) is 6. The molecule has 0 fully saturated rings. The predicted molar refractivity (Wildman–Crippen MR) is 65.7 cm³/mol. The lowest BCUT2D eigenvalue weighted by Crippen LogP contribution is -2.18. The van der Waals surface area contributed by atoms with Gasteiger partial charge in [-0.25, -0.2) is 13.6 Å². The van der Waals surface area contributed by atoms with Crippen molar-refractivity contribution in [2.75, 3.05) is 5.32 Å². The summed E-state index contributed by atoms with van der Waals surface area (Å²) in [6.45, 7) is 0. The molecule has 0 spiro atoms.